The SMILES string of the molecule is CCCSP(NCC=O)OCC(CC)OC. The Morgan fingerprint density at radius 3 is 2.75 bits per heavy atom. The molecule has 0 amide bonds. The van der Waals surface area contributed by atoms with Gasteiger partial charge in [-0.2, -0.15) is 0 Å². The van der Waals surface area contributed by atoms with Crippen molar-refractivity contribution in [2.24, 2.45) is 0 Å². The monoisotopic (exact) mass is 267 g/mol. The minimum atomic E-state index is -0.761. The second-order valence-corrected chi connectivity index (χ2v) is 6.71. The normalized spacial score (nSPS) is 14.7. The molecule has 0 bridgehead atoms. The molecule has 96 valence electrons. The Morgan fingerprint density at radius 2 is 2.25 bits per heavy atom. The molecular weight excluding hydrogens is 245 g/mol. The van der Waals surface area contributed by atoms with Crippen molar-refractivity contribution in [1.29, 1.82) is 0 Å². The number of hydrogen-bond acceptors (Lipinski definition) is 5. The molecule has 0 aliphatic heterocycles. The third-order valence-electron chi connectivity index (χ3n) is 1.88. The highest BCUT2D eigenvalue weighted by atomic mass is 32.7. The van der Waals surface area contributed by atoms with Gasteiger partial charge in [0.15, 0.2) is 7.50 Å². The Kier molecular flexibility index (Phi) is 12.0. The molecule has 0 heterocycles. The summed E-state index contributed by atoms with van der Waals surface area (Å²) in [4.78, 5) is 10.3. The van der Waals surface area contributed by atoms with E-state index < -0.39 is 7.50 Å². The van der Waals surface area contributed by atoms with Crippen LogP contribution in [0.25, 0.3) is 0 Å². The van der Waals surface area contributed by atoms with Crippen molar-refractivity contribution < 1.29 is 14.1 Å². The fraction of sp³-hybridized carbons (Fsp3) is 0.900. The maximum atomic E-state index is 10.3. The van der Waals surface area contributed by atoms with Crippen LogP contribution in [0.4, 0.5) is 0 Å². The van der Waals surface area contributed by atoms with Gasteiger partial charge in [0.2, 0.25) is 0 Å². The second kappa shape index (κ2) is 11.8. The molecule has 1 N–H and O–H groups in total. The van der Waals surface area contributed by atoms with Gasteiger partial charge in [-0.15, -0.1) is 0 Å². The van der Waals surface area contributed by atoms with Gasteiger partial charge in [0.1, 0.15) is 6.29 Å². The summed E-state index contributed by atoms with van der Waals surface area (Å²) >= 11 is 1.74. The zero-order valence-corrected chi connectivity index (χ0v) is 12.0. The molecule has 0 radical (unpaired) electrons. The van der Waals surface area contributed by atoms with Crippen LogP contribution in [0.15, 0.2) is 0 Å². The Morgan fingerprint density at radius 1 is 1.50 bits per heavy atom. The van der Waals surface area contributed by atoms with Crippen molar-refractivity contribution in [3.63, 3.8) is 0 Å². The molecule has 0 saturated heterocycles. The Hall–Kier alpha value is 0.330. The molecule has 0 saturated carbocycles. The van der Waals surface area contributed by atoms with E-state index in [1.165, 1.54) is 0 Å². The van der Waals surface area contributed by atoms with Gasteiger partial charge in [0, 0.05) is 12.9 Å². The highest BCUT2D eigenvalue weighted by Gasteiger charge is 2.12. The average molecular weight is 267 g/mol. The predicted molar refractivity (Wildman–Crippen MR) is 70.8 cm³/mol. The quantitative estimate of drug-likeness (QED) is 0.460. The average Bonchev–Trinajstić information content (AvgIpc) is 2.32. The molecule has 0 rings (SSSR count). The van der Waals surface area contributed by atoms with Crippen LogP contribution < -0.4 is 5.09 Å². The first-order valence-electron chi connectivity index (χ1n) is 5.54. The van der Waals surface area contributed by atoms with Crippen molar-refractivity contribution in [1.82, 2.24) is 5.09 Å². The van der Waals surface area contributed by atoms with Gasteiger partial charge in [-0.25, -0.2) is 0 Å². The third-order valence-corrected chi connectivity index (χ3v) is 5.49. The summed E-state index contributed by atoms with van der Waals surface area (Å²) in [5, 5.41) is 3.09. The zero-order chi connectivity index (χ0) is 12.2. The fourth-order valence-electron chi connectivity index (χ4n) is 0.918. The van der Waals surface area contributed by atoms with Crippen molar-refractivity contribution in [3.05, 3.63) is 0 Å². The van der Waals surface area contributed by atoms with Crippen LogP contribution in [0, 0.1) is 0 Å². The smallest absolute Gasteiger partial charge is 0.166 e. The van der Waals surface area contributed by atoms with Crippen LogP contribution in [-0.2, 0) is 14.1 Å². The van der Waals surface area contributed by atoms with Crippen LogP contribution in [-0.4, -0.2) is 38.4 Å². The standard InChI is InChI=1S/C10H22NO3PS/c1-4-8-16-15(11-6-7-12)14-9-10(5-2)13-3/h7,10-11H,4-6,8-9H2,1-3H3. The topological polar surface area (TPSA) is 47.6 Å². The van der Waals surface area contributed by atoms with E-state index in [0.29, 0.717) is 13.2 Å². The number of rotatable bonds is 11. The molecule has 0 spiro atoms. The van der Waals surface area contributed by atoms with Crippen molar-refractivity contribution in [2.45, 2.75) is 32.8 Å². The van der Waals surface area contributed by atoms with Crippen LogP contribution in [0.1, 0.15) is 26.7 Å². The first kappa shape index (κ1) is 16.3. The lowest BCUT2D eigenvalue weighted by atomic mass is 10.3. The molecule has 2 atom stereocenters. The Bertz CT molecular complexity index is 170. The number of carbonyl (C=O) groups excluding carboxylic acids is 1. The number of aldehydes is 1. The lowest BCUT2D eigenvalue weighted by Crippen LogP contribution is -2.18. The summed E-state index contributed by atoms with van der Waals surface area (Å²) in [5.41, 5.74) is 0. The predicted octanol–water partition coefficient (Wildman–Crippen LogP) is 2.59. The van der Waals surface area contributed by atoms with E-state index in [1.54, 1.807) is 18.5 Å². The van der Waals surface area contributed by atoms with E-state index in [9.17, 15) is 4.79 Å². The van der Waals surface area contributed by atoms with E-state index in [-0.39, 0.29) is 6.10 Å². The molecule has 0 aromatic carbocycles. The van der Waals surface area contributed by atoms with E-state index in [2.05, 4.69) is 18.9 Å². The molecule has 0 aliphatic rings. The molecule has 2 unspecified atom stereocenters. The van der Waals surface area contributed by atoms with E-state index in [4.69, 9.17) is 9.26 Å². The molecule has 4 nitrogen and oxygen atoms in total. The summed E-state index contributed by atoms with van der Waals surface area (Å²) in [7, 11) is 0.931. The summed E-state index contributed by atoms with van der Waals surface area (Å²) in [6.07, 6.45) is 3.05. The van der Waals surface area contributed by atoms with Gasteiger partial charge in [0.25, 0.3) is 0 Å². The van der Waals surface area contributed by atoms with Gasteiger partial charge in [-0.1, -0.05) is 25.2 Å². The molecule has 16 heavy (non-hydrogen) atoms. The molecule has 0 aliphatic carbocycles. The van der Waals surface area contributed by atoms with Gasteiger partial charge in [-0.3, -0.25) is 5.09 Å². The zero-order valence-electron chi connectivity index (χ0n) is 10.3. The molecule has 0 fully saturated rings. The number of hydrogen-bond donors (Lipinski definition) is 1. The number of ether oxygens (including phenoxy) is 1. The van der Waals surface area contributed by atoms with E-state index >= 15 is 0 Å². The van der Waals surface area contributed by atoms with Gasteiger partial charge < -0.3 is 14.1 Å². The first-order chi connectivity index (χ1) is 7.78. The number of nitrogens with one attached hydrogen (secondary N) is 1. The minimum Gasteiger partial charge on any atom is -0.379 e. The van der Waals surface area contributed by atoms with E-state index in [1.807, 2.05) is 0 Å². The summed E-state index contributed by atoms with van der Waals surface area (Å²) < 4.78 is 11.0. The number of carbonyl (C=O) groups is 1. The lowest BCUT2D eigenvalue weighted by molar-refractivity contribution is -0.106. The third kappa shape index (κ3) is 8.48. The second-order valence-electron chi connectivity index (χ2n) is 3.18. The Labute approximate surface area is 103 Å². The lowest BCUT2D eigenvalue weighted by Gasteiger charge is -2.19. The van der Waals surface area contributed by atoms with Gasteiger partial charge in [-0.05, 0) is 12.8 Å². The molecule has 6 heteroatoms. The van der Waals surface area contributed by atoms with Crippen LogP contribution in [0.5, 0.6) is 0 Å². The largest absolute Gasteiger partial charge is 0.379 e. The van der Waals surface area contributed by atoms with E-state index in [0.717, 1.165) is 24.9 Å². The van der Waals surface area contributed by atoms with Crippen LogP contribution in [0.3, 0.4) is 0 Å². The summed E-state index contributed by atoms with van der Waals surface area (Å²) in [6.45, 7) is 5.13. The number of methoxy groups -OCH3 is 1. The van der Waals surface area contributed by atoms with Crippen LogP contribution in [0.2, 0.25) is 0 Å². The van der Waals surface area contributed by atoms with Gasteiger partial charge in [0.05, 0.1) is 19.3 Å². The maximum absolute atomic E-state index is 10.3. The van der Waals surface area contributed by atoms with Crippen molar-refractivity contribution >= 4 is 25.2 Å². The molecule has 0 aromatic heterocycles. The van der Waals surface area contributed by atoms with Crippen molar-refractivity contribution in [3.8, 4) is 0 Å². The first-order valence-corrected chi connectivity index (χ1v) is 8.39. The highest BCUT2D eigenvalue weighted by Crippen LogP contribution is 2.47. The van der Waals surface area contributed by atoms with Gasteiger partial charge >= 0.3 is 0 Å². The summed E-state index contributed by atoms with van der Waals surface area (Å²) in [5.74, 6) is 1.04. The fourth-order valence-corrected chi connectivity index (χ4v) is 4.00. The highest BCUT2D eigenvalue weighted by molar-refractivity contribution is 8.53. The van der Waals surface area contributed by atoms with Crippen LogP contribution >= 0.6 is 18.9 Å². The molecule has 0 aromatic rings. The van der Waals surface area contributed by atoms with Crippen molar-refractivity contribution in [2.75, 3.05) is 26.0 Å². The maximum Gasteiger partial charge on any atom is 0.166 e. The minimum absolute atomic E-state index is 0.144. The Balaban J connectivity index is 3.83. The molecular formula is C10H22NO3PS. The summed E-state index contributed by atoms with van der Waals surface area (Å²) in [6, 6.07) is 0.